The summed E-state index contributed by atoms with van der Waals surface area (Å²) < 4.78 is 19.4. The molecule has 8 heteroatoms. The highest BCUT2D eigenvalue weighted by Gasteiger charge is 2.20. The van der Waals surface area contributed by atoms with Gasteiger partial charge in [-0.25, -0.2) is 9.37 Å². The number of halogens is 3. The summed E-state index contributed by atoms with van der Waals surface area (Å²) in [6, 6.07) is 5.13. The quantitative estimate of drug-likeness (QED) is 0.779. The maximum Gasteiger partial charge on any atom is 0.242 e. The van der Waals surface area contributed by atoms with Crippen LogP contribution >= 0.6 is 23.2 Å². The number of hydrogen-bond donors (Lipinski definition) is 2. The van der Waals surface area contributed by atoms with Crippen molar-refractivity contribution in [3.63, 3.8) is 0 Å². The normalized spacial score (nSPS) is 13.2. The maximum absolute atomic E-state index is 13.7. The third-order valence-corrected chi connectivity index (χ3v) is 3.93. The summed E-state index contributed by atoms with van der Waals surface area (Å²) >= 11 is 12.1. The Kier molecular flexibility index (Phi) is 5.99. The lowest BCUT2D eigenvalue weighted by Gasteiger charge is -2.20. The molecule has 0 aliphatic heterocycles. The van der Waals surface area contributed by atoms with Gasteiger partial charge in [0.25, 0.3) is 0 Å². The van der Waals surface area contributed by atoms with Crippen molar-refractivity contribution in [3.8, 4) is 5.75 Å². The average Bonchev–Trinajstić information content (AvgIpc) is 2.53. The molecule has 0 fully saturated rings. The molecule has 0 aliphatic carbocycles. The number of nitrogens with zero attached hydrogens (tertiary/aromatic N) is 1. The van der Waals surface area contributed by atoms with Gasteiger partial charge in [-0.3, -0.25) is 4.79 Å². The number of aromatic nitrogens is 1. The molecule has 128 valence electrons. The first-order valence-electron chi connectivity index (χ1n) is 7.12. The van der Waals surface area contributed by atoms with Crippen molar-refractivity contribution in [2.45, 2.75) is 26.0 Å². The molecule has 5 nitrogen and oxygen atoms in total. The van der Waals surface area contributed by atoms with Crippen molar-refractivity contribution < 1.29 is 13.9 Å². The molecule has 0 radical (unpaired) electrons. The number of hydrogen-bond acceptors (Lipinski definition) is 4. The Hall–Kier alpha value is -1.89. The van der Waals surface area contributed by atoms with Crippen LogP contribution in [-0.4, -0.2) is 16.9 Å². The van der Waals surface area contributed by atoms with Crippen LogP contribution < -0.4 is 15.8 Å². The van der Waals surface area contributed by atoms with Gasteiger partial charge in [0, 0.05) is 16.8 Å². The molecule has 1 heterocycles. The summed E-state index contributed by atoms with van der Waals surface area (Å²) in [5, 5.41) is 2.73. The van der Waals surface area contributed by atoms with E-state index < -0.39 is 23.9 Å². The molecule has 2 unspecified atom stereocenters. The van der Waals surface area contributed by atoms with Gasteiger partial charge in [0.1, 0.15) is 11.9 Å². The molecule has 0 saturated heterocycles. The number of carbonyl (C=O) groups excluding carboxylic acids is 1. The summed E-state index contributed by atoms with van der Waals surface area (Å²) in [5.41, 5.74) is 5.84. The zero-order valence-corrected chi connectivity index (χ0v) is 14.5. The number of amides is 1. The third kappa shape index (κ3) is 4.14. The van der Waals surface area contributed by atoms with Crippen LogP contribution in [0.3, 0.4) is 0 Å². The number of nitrogens with one attached hydrogen (secondary N) is 1. The average molecular weight is 372 g/mol. The number of benzene rings is 1. The van der Waals surface area contributed by atoms with Crippen molar-refractivity contribution in [2.24, 2.45) is 5.73 Å². The SMILES string of the molecule is CC(N)C(=O)Nc1ncccc1OC(C)c1c(Cl)ccc(F)c1Cl. The second-order valence-electron chi connectivity index (χ2n) is 5.15. The predicted octanol–water partition coefficient (Wildman–Crippen LogP) is 3.95. The monoisotopic (exact) mass is 371 g/mol. The fraction of sp³-hybridized carbons (Fsp3) is 0.250. The first-order chi connectivity index (χ1) is 11.3. The van der Waals surface area contributed by atoms with Gasteiger partial charge >= 0.3 is 0 Å². The Balaban J connectivity index is 2.29. The van der Waals surface area contributed by atoms with E-state index in [-0.39, 0.29) is 21.6 Å². The highest BCUT2D eigenvalue weighted by molar-refractivity contribution is 6.36. The van der Waals surface area contributed by atoms with E-state index in [0.717, 1.165) is 0 Å². The van der Waals surface area contributed by atoms with Gasteiger partial charge in [-0.1, -0.05) is 23.2 Å². The van der Waals surface area contributed by atoms with Crippen LogP contribution in [0, 0.1) is 5.82 Å². The smallest absolute Gasteiger partial charge is 0.242 e. The Morgan fingerprint density at radius 3 is 2.71 bits per heavy atom. The summed E-state index contributed by atoms with van der Waals surface area (Å²) in [6.45, 7) is 3.21. The second kappa shape index (κ2) is 7.79. The number of pyridine rings is 1. The molecule has 3 N–H and O–H groups in total. The molecule has 1 aromatic heterocycles. The van der Waals surface area contributed by atoms with Crippen molar-refractivity contribution in [1.82, 2.24) is 4.98 Å². The molecule has 2 atom stereocenters. The van der Waals surface area contributed by atoms with Crippen LogP contribution in [0.4, 0.5) is 10.2 Å². The van der Waals surface area contributed by atoms with E-state index in [2.05, 4.69) is 10.3 Å². The van der Waals surface area contributed by atoms with Crippen LogP contribution in [0.2, 0.25) is 10.0 Å². The van der Waals surface area contributed by atoms with Crippen molar-refractivity contribution >= 4 is 34.9 Å². The van der Waals surface area contributed by atoms with Crippen LogP contribution in [0.1, 0.15) is 25.5 Å². The molecular weight excluding hydrogens is 356 g/mol. The third-order valence-electron chi connectivity index (χ3n) is 3.22. The molecule has 1 amide bonds. The van der Waals surface area contributed by atoms with Crippen LogP contribution in [-0.2, 0) is 4.79 Å². The van der Waals surface area contributed by atoms with Crippen molar-refractivity contribution in [1.29, 1.82) is 0 Å². The molecule has 2 aromatic rings. The van der Waals surface area contributed by atoms with E-state index in [4.69, 9.17) is 33.7 Å². The molecule has 0 bridgehead atoms. The number of anilines is 1. The first kappa shape index (κ1) is 18.4. The van der Waals surface area contributed by atoms with E-state index in [1.54, 1.807) is 26.0 Å². The van der Waals surface area contributed by atoms with Gasteiger partial charge in [0.15, 0.2) is 11.6 Å². The summed E-state index contributed by atoms with van der Waals surface area (Å²) in [5.74, 6) is -0.512. The van der Waals surface area contributed by atoms with E-state index in [9.17, 15) is 9.18 Å². The van der Waals surface area contributed by atoms with Crippen LogP contribution in [0.25, 0.3) is 0 Å². The minimum Gasteiger partial charge on any atom is -0.482 e. The minimum absolute atomic E-state index is 0.111. The molecule has 0 aliphatic rings. The minimum atomic E-state index is -0.704. The number of nitrogens with two attached hydrogens (primary N) is 1. The van der Waals surface area contributed by atoms with E-state index >= 15 is 0 Å². The lowest BCUT2D eigenvalue weighted by Crippen LogP contribution is -2.32. The van der Waals surface area contributed by atoms with Crippen LogP contribution in [0.15, 0.2) is 30.5 Å². The Labute approximate surface area is 148 Å². The molecule has 2 rings (SSSR count). The fourth-order valence-corrected chi connectivity index (χ4v) is 2.65. The molecule has 1 aromatic carbocycles. The van der Waals surface area contributed by atoms with Gasteiger partial charge in [0.2, 0.25) is 5.91 Å². The number of rotatable bonds is 5. The summed E-state index contributed by atoms with van der Waals surface area (Å²) in [7, 11) is 0. The number of carbonyl (C=O) groups is 1. The largest absolute Gasteiger partial charge is 0.482 e. The Morgan fingerprint density at radius 2 is 2.04 bits per heavy atom. The predicted molar refractivity (Wildman–Crippen MR) is 92.0 cm³/mol. The topological polar surface area (TPSA) is 77.2 Å². The zero-order chi connectivity index (χ0) is 17.9. The summed E-state index contributed by atoms with van der Waals surface area (Å²) in [6.07, 6.45) is 0.826. The number of ether oxygens (including phenoxy) is 1. The first-order valence-corrected chi connectivity index (χ1v) is 7.88. The van der Waals surface area contributed by atoms with Crippen molar-refractivity contribution in [3.05, 3.63) is 51.9 Å². The van der Waals surface area contributed by atoms with E-state index in [1.807, 2.05) is 0 Å². The molecule has 0 spiro atoms. The van der Waals surface area contributed by atoms with Crippen LogP contribution in [0.5, 0.6) is 5.75 Å². The Bertz CT molecular complexity index is 756. The highest BCUT2D eigenvalue weighted by atomic mass is 35.5. The second-order valence-corrected chi connectivity index (χ2v) is 5.93. The van der Waals surface area contributed by atoms with Gasteiger partial charge in [0.05, 0.1) is 11.1 Å². The van der Waals surface area contributed by atoms with E-state index in [0.29, 0.717) is 5.56 Å². The standard InChI is InChI=1S/C16H16Cl2FN3O2/c1-8(20)16(23)22-15-12(4-3-7-21-15)24-9(2)13-10(17)5-6-11(19)14(13)18/h3-9H,20H2,1-2H3,(H,21,22,23). The zero-order valence-electron chi connectivity index (χ0n) is 13.0. The van der Waals surface area contributed by atoms with Crippen molar-refractivity contribution in [2.75, 3.05) is 5.32 Å². The summed E-state index contributed by atoms with van der Waals surface area (Å²) in [4.78, 5) is 15.8. The Morgan fingerprint density at radius 1 is 1.33 bits per heavy atom. The van der Waals surface area contributed by atoms with Gasteiger partial charge in [-0.15, -0.1) is 0 Å². The van der Waals surface area contributed by atoms with Gasteiger partial charge in [-0.05, 0) is 38.1 Å². The highest BCUT2D eigenvalue weighted by Crippen LogP contribution is 2.36. The molecule has 0 saturated carbocycles. The molecular formula is C16H16Cl2FN3O2. The molecule has 24 heavy (non-hydrogen) atoms. The van der Waals surface area contributed by atoms with Gasteiger partial charge < -0.3 is 15.8 Å². The van der Waals surface area contributed by atoms with E-state index in [1.165, 1.54) is 18.3 Å². The maximum atomic E-state index is 13.7. The lowest BCUT2D eigenvalue weighted by molar-refractivity contribution is -0.117. The fourth-order valence-electron chi connectivity index (χ4n) is 1.97. The van der Waals surface area contributed by atoms with Gasteiger partial charge in [-0.2, -0.15) is 0 Å². The lowest BCUT2D eigenvalue weighted by atomic mass is 10.1.